The van der Waals surface area contributed by atoms with E-state index in [4.69, 9.17) is 16.5 Å². The normalized spacial score (nSPS) is 29.2. The SMILES string of the molecule is COC(=O)C12C(C(C)(C)C)=C(C(C)(C)C)P1(=S)C(C(C)(C)C)=C2C(C)(C)C. The molecule has 2 aliphatic heterocycles. The van der Waals surface area contributed by atoms with E-state index in [2.05, 4.69) is 83.1 Å². The van der Waals surface area contributed by atoms with E-state index in [1.165, 1.54) is 28.9 Å². The van der Waals surface area contributed by atoms with Gasteiger partial charge in [-0.25, -0.2) is 0 Å². The van der Waals surface area contributed by atoms with Gasteiger partial charge in [0, 0.05) is 6.04 Å². The number of carbonyl (C=O) groups excluding carboxylic acids is 1. The zero-order chi connectivity index (χ0) is 21.6. The van der Waals surface area contributed by atoms with E-state index >= 15 is 0 Å². The maximum atomic E-state index is 13.5. The van der Waals surface area contributed by atoms with E-state index in [9.17, 15) is 4.79 Å². The molecule has 0 radical (unpaired) electrons. The van der Waals surface area contributed by atoms with E-state index < -0.39 is 11.2 Å². The lowest BCUT2D eigenvalue weighted by molar-refractivity contribution is -0.142. The largest absolute Gasteiger partial charge is 0.468 e. The highest BCUT2D eigenvalue weighted by Gasteiger charge is 2.79. The van der Waals surface area contributed by atoms with E-state index in [0.717, 1.165) is 0 Å². The highest BCUT2D eigenvalue weighted by Crippen LogP contribution is 2.96. The molecule has 0 amide bonds. The molecule has 2 aliphatic rings. The summed E-state index contributed by atoms with van der Waals surface area (Å²) in [6.07, 6.45) is 0. The van der Waals surface area contributed by atoms with Crippen LogP contribution in [0.15, 0.2) is 21.8 Å². The second-order valence-electron chi connectivity index (χ2n) is 12.3. The van der Waals surface area contributed by atoms with E-state index in [1.54, 1.807) is 0 Å². The van der Waals surface area contributed by atoms with Gasteiger partial charge in [-0.2, -0.15) is 0 Å². The second kappa shape index (κ2) is 5.82. The van der Waals surface area contributed by atoms with Crippen molar-refractivity contribution in [3.63, 3.8) is 0 Å². The van der Waals surface area contributed by atoms with Crippen LogP contribution in [0.5, 0.6) is 0 Å². The van der Waals surface area contributed by atoms with Crippen LogP contribution in [0.4, 0.5) is 0 Å². The molecule has 0 saturated heterocycles. The van der Waals surface area contributed by atoms with Gasteiger partial charge in [-0.3, -0.25) is 4.79 Å². The molecule has 2 nitrogen and oxygen atoms in total. The summed E-state index contributed by atoms with van der Waals surface area (Å²) >= 11 is 6.56. The Morgan fingerprint density at radius 2 is 1.04 bits per heavy atom. The highest BCUT2D eigenvalue weighted by atomic mass is 32.4. The summed E-state index contributed by atoms with van der Waals surface area (Å²) in [5.74, 6) is -0.137. The molecule has 2 heterocycles. The van der Waals surface area contributed by atoms with Gasteiger partial charge in [-0.05, 0) is 43.4 Å². The van der Waals surface area contributed by atoms with Gasteiger partial charge in [-0.1, -0.05) is 94.9 Å². The van der Waals surface area contributed by atoms with Gasteiger partial charge in [0.15, 0.2) is 0 Å². The minimum Gasteiger partial charge on any atom is -0.468 e. The third-order valence-electron chi connectivity index (χ3n) is 5.70. The van der Waals surface area contributed by atoms with Gasteiger partial charge in [0.1, 0.15) is 5.16 Å². The third kappa shape index (κ3) is 2.71. The summed E-state index contributed by atoms with van der Waals surface area (Å²) in [7, 11) is 1.52. The standard InChI is InChI=1S/C23H39O2PS/c1-19(2,3)14-16(21(7,8)9)26(27)17(22(10,11)12)15(20(4,5)6)23(14,26)18(24)25-13/h1-13H3. The van der Waals surface area contributed by atoms with Gasteiger partial charge in [0.05, 0.1) is 7.11 Å². The first-order valence-corrected chi connectivity index (χ1v) is 12.7. The van der Waals surface area contributed by atoms with Crippen molar-refractivity contribution in [3.05, 3.63) is 21.8 Å². The zero-order valence-corrected chi connectivity index (χ0v) is 21.4. The molecule has 0 fully saturated rings. The van der Waals surface area contributed by atoms with Crippen molar-refractivity contribution >= 4 is 23.8 Å². The first-order chi connectivity index (χ1) is 11.7. The number of allylic oxidation sites excluding steroid dienone is 2. The van der Waals surface area contributed by atoms with Crippen molar-refractivity contribution in [2.45, 2.75) is 88.2 Å². The summed E-state index contributed by atoms with van der Waals surface area (Å²) < 4.78 is 5.47. The Bertz CT molecular complexity index is 745. The van der Waals surface area contributed by atoms with Crippen LogP contribution in [0, 0.1) is 21.7 Å². The number of ether oxygens (including phenoxy) is 1. The summed E-state index contributed by atoms with van der Waals surface area (Å²) in [6, 6.07) is -2.23. The zero-order valence-electron chi connectivity index (χ0n) is 19.7. The minimum absolute atomic E-state index is 0.0599. The minimum atomic E-state index is -2.23. The smallest absolute Gasteiger partial charge is 0.326 e. The number of hydrogen-bond donors (Lipinski definition) is 0. The molecule has 0 atom stereocenters. The lowest BCUT2D eigenvalue weighted by atomic mass is 9.63. The molecular weight excluding hydrogens is 371 g/mol. The molecule has 0 aromatic rings. The van der Waals surface area contributed by atoms with Gasteiger partial charge < -0.3 is 4.74 Å². The number of carbonyl (C=O) groups is 1. The van der Waals surface area contributed by atoms with Gasteiger partial charge in [0.2, 0.25) is 0 Å². The molecule has 0 bridgehead atoms. The quantitative estimate of drug-likeness (QED) is 0.341. The maximum Gasteiger partial charge on any atom is 0.326 e. The molecule has 0 saturated carbocycles. The Labute approximate surface area is 172 Å². The van der Waals surface area contributed by atoms with Crippen molar-refractivity contribution in [1.29, 1.82) is 0 Å². The summed E-state index contributed by atoms with van der Waals surface area (Å²) in [6.45, 7) is 26.8. The maximum absolute atomic E-state index is 13.5. The molecule has 0 aliphatic carbocycles. The fourth-order valence-electron chi connectivity index (χ4n) is 5.41. The average molecular weight is 411 g/mol. The van der Waals surface area contributed by atoms with Crippen LogP contribution in [-0.2, 0) is 21.3 Å². The fourth-order valence-corrected chi connectivity index (χ4v) is 14.3. The molecule has 0 unspecified atom stereocenters. The molecule has 0 aromatic heterocycles. The lowest BCUT2D eigenvalue weighted by Crippen LogP contribution is -2.63. The molecular formula is C23H39O2PS. The Kier molecular flexibility index (Phi) is 4.93. The van der Waals surface area contributed by atoms with Crippen molar-refractivity contribution < 1.29 is 9.53 Å². The van der Waals surface area contributed by atoms with Crippen molar-refractivity contribution in [3.8, 4) is 0 Å². The van der Waals surface area contributed by atoms with Crippen LogP contribution in [-0.4, -0.2) is 18.2 Å². The molecule has 4 heteroatoms. The molecule has 0 N–H and O–H groups in total. The van der Waals surface area contributed by atoms with Crippen LogP contribution in [0.3, 0.4) is 0 Å². The summed E-state index contributed by atoms with van der Waals surface area (Å²) in [5, 5.41) is 2.01. The topological polar surface area (TPSA) is 26.3 Å². The Morgan fingerprint density at radius 1 is 0.741 bits per heavy atom. The van der Waals surface area contributed by atoms with Gasteiger partial charge >= 0.3 is 5.97 Å². The number of fused-ring (bicyclic) bond motifs is 1. The van der Waals surface area contributed by atoms with E-state index in [-0.39, 0.29) is 27.6 Å². The van der Waals surface area contributed by atoms with Gasteiger partial charge in [-0.15, -0.1) is 0 Å². The predicted octanol–water partition coefficient (Wildman–Crippen LogP) is 7.10. The Hall–Kier alpha value is -0.400. The Morgan fingerprint density at radius 3 is 1.22 bits per heavy atom. The summed E-state index contributed by atoms with van der Waals surface area (Å²) in [5.41, 5.74) is 2.06. The van der Waals surface area contributed by atoms with Crippen LogP contribution in [0.1, 0.15) is 83.1 Å². The summed E-state index contributed by atoms with van der Waals surface area (Å²) in [4.78, 5) is 13.5. The van der Waals surface area contributed by atoms with Crippen LogP contribution >= 0.6 is 6.04 Å². The van der Waals surface area contributed by atoms with E-state index in [0.29, 0.717) is 0 Å². The first-order valence-electron chi connectivity index (χ1n) is 9.92. The lowest BCUT2D eigenvalue weighted by Gasteiger charge is -2.71. The van der Waals surface area contributed by atoms with Crippen molar-refractivity contribution in [2.24, 2.45) is 21.7 Å². The van der Waals surface area contributed by atoms with Crippen molar-refractivity contribution in [2.75, 3.05) is 7.11 Å². The highest BCUT2D eigenvalue weighted by molar-refractivity contribution is 8.21. The van der Waals surface area contributed by atoms with Crippen molar-refractivity contribution in [1.82, 2.24) is 0 Å². The molecule has 154 valence electrons. The molecule has 2 rings (SSSR count). The predicted molar refractivity (Wildman–Crippen MR) is 121 cm³/mol. The molecule has 27 heavy (non-hydrogen) atoms. The van der Waals surface area contributed by atoms with E-state index in [1.807, 2.05) is 0 Å². The Balaban J connectivity index is 3.10. The number of hydrogen-bond acceptors (Lipinski definition) is 3. The van der Waals surface area contributed by atoms with Crippen LogP contribution in [0.25, 0.3) is 0 Å². The fraction of sp³-hybridized carbons (Fsp3) is 0.783. The van der Waals surface area contributed by atoms with Gasteiger partial charge in [0.25, 0.3) is 0 Å². The van der Waals surface area contributed by atoms with Crippen LogP contribution in [0.2, 0.25) is 0 Å². The second-order valence-corrected chi connectivity index (χ2v) is 16.7. The first kappa shape index (κ1) is 22.9. The monoisotopic (exact) mass is 410 g/mol. The van der Waals surface area contributed by atoms with Crippen LogP contribution < -0.4 is 0 Å². The molecule has 0 spiro atoms. The number of esters is 1. The average Bonchev–Trinajstić information content (AvgIpc) is 2.38. The third-order valence-corrected chi connectivity index (χ3v) is 12.2. The molecule has 0 aromatic carbocycles. The number of methoxy groups -OCH3 is 1. The number of rotatable bonds is 1.